The maximum absolute atomic E-state index is 3.80. The Balaban J connectivity index is 3.76. The van der Waals surface area contributed by atoms with Crippen LogP contribution in [-0.2, 0) is 0 Å². The fourth-order valence-electron chi connectivity index (χ4n) is 0.861. The second kappa shape index (κ2) is 6.53. The van der Waals surface area contributed by atoms with E-state index in [1.165, 1.54) is 12.8 Å². The monoisotopic (exact) mass is 170 g/mol. The van der Waals surface area contributed by atoms with E-state index in [0.717, 1.165) is 0 Å². The fraction of sp³-hybridized carbons (Fsp3) is 0.600. The van der Waals surface area contributed by atoms with Gasteiger partial charge in [-0.2, -0.15) is 0 Å². The summed E-state index contributed by atoms with van der Waals surface area (Å²) < 4.78 is 0. The van der Waals surface area contributed by atoms with E-state index in [-0.39, 0.29) is 0 Å². The molecular weight excluding hydrogens is 152 g/mol. The molecule has 0 N–H and O–H groups in total. The van der Waals surface area contributed by atoms with Crippen molar-refractivity contribution < 1.29 is 0 Å². The van der Waals surface area contributed by atoms with Crippen LogP contribution in [0.15, 0.2) is 25.3 Å². The predicted octanol–water partition coefficient (Wildman–Crippen LogP) is 3.65. The van der Waals surface area contributed by atoms with Gasteiger partial charge >= 0.3 is 0 Å². The molecule has 2 unspecified atom stereocenters. The highest BCUT2D eigenvalue weighted by Gasteiger charge is 2.07. The van der Waals surface area contributed by atoms with Gasteiger partial charge in [0.25, 0.3) is 0 Å². The van der Waals surface area contributed by atoms with E-state index < -0.39 is 0 Å². The minimum atomic E-state index is 0.595. The minimum Gasteiger partial charge on any atom is -0.147 e. The lowest BCUT2D eigenvalue weighted by Crippen LogP contribution is -2.04. The summed E-state index contributed by atoms with van der Waals surface area (Å²) in [5.74, 6) is 0. The molecule has 0 radical (unpaired) electrons. The van der Waals surface area contributed by atoms with Crippen LogP contribution in [-0.4, -0.2) is 10.5 Å². The van der Waals surface area contributed by atoms with Crippen molar-refractivity contribution in [3.05, 3.63) is 25.3 Å². The molecule has 0 aromatic carbocycles. The summed E-state index contributed by atoms with van der Waals surface area (Å²) in [5.41, 5.74) is 0. The zero-order valence-electron chi connectivity index (χ0n) is 7.55. The molecule has 0 nitrogen and oxygen atoms in total. The van der Waals surface area contributed by atoms with Gasteiger partial charge in [-0.25, -0.2) is 0 Å². The van der Waals surface area contributed by atoms with E-state index in [9.17, 15) is 0 Å². The van der Waals surface area contributed by atoms with Gasteiger partial charge in [-0.15, -0.1) is 24.9 Å². The molecule has 0 amide bonds. The molecule has 0 bridgehead atoms. The number of hydrogen-bond donors (Lipinski definition) is 0. The smallest absolute Gasteiger partial charge is 0.0227 e. The Bertz CT molecular complexity index is 104. The first-order valence-electron chi connectivity index (χ1n) is 4.19. The van der Waals surface area contributed by atoms with Crippen LogP contribution >= 0.6 is 11.8 Å². The van der Waals surface area contributed by atoms with Gasteiger partial charge in [0.15, 0.2) is 0 Å². The second-order valence-electron chi connectivity index (χ2n) is 2.50. The third kappa shape index (κ3) is 4.31. The van der Waals surface area contributed by atoms with Crippen molar-refractivity contribution >= 4 is 11.8 Å². The highest BCUT2D eigenvalue weighted by atomic mass is 32.2. The van der Waals surface area contributed by atoms with Crippen molar-refractivity contribution in [1.82, 2.24) is 0 Å². The lowest BCUT2D eigenvalue weighted by atomic mass is 10.3. The molecule has 11 heavy (non-hydrogen) atoms. The molecule has 64 valence electrons. The van der Waals surface area contributed by atoms with Crippen LogP contribution in [0, 0.1) is 0 Å². The third-order valence-electron chi connectivity index (χ3n) is 1.68. The van der Waals surface area contributed by atoms with Gasteiger partial charge in [0.1, 0.15) is 0 Å². The Kier molecular flexibility index (Phi) is 6.43. The summed E-state index contributed by atoms with van der Waals surface area (Å²) in [6.07, 6.45) is 6.38. The molecule has 0 heterocycles. The molecule has 0 aliphatic carbocycles. The summed E-state index contributed by atoms with van der Waals surface area (Å²) in [6, 6.07) is 0. The topological polar surface area (TPSA) is 0 Å². The lowest BCUT2D eigenvalue weighted by Gasteiger charge is -2.14. The van der Waals surface area contributed by atoms with Crippen LogP contribution in [0.5, 0.6) is 0 Å². The zero-order chi connectivity index (χ0) is 8.69. The molecular formula is C10H18S. The summed E-state index contributed by atoms with van der Waals surface area (Å²) in [7, 11) is 0. The van der Waals surface area contributed by atoms with Crippen molar-refractivity contribution in [2.45, 2.75) is 37.2 Å². The van der Waals surface area contributed by atoms with E-state index in [1.54, 1.807) is 0 Å². The van der Waals surface area contributed by atoms with E-state index >= 15 is 0 Å². The van der Waals surface area contributed by atoms with Crippen LogP contribution in [0.4, 0.5) is 0 Å². The van der Waals surface area contributed by atoms with Gasteiger partial charge in [0.05, 0.1) is 0 Å². The molecule has 0 aromatic rings. The highest BCUT2D eigenvalue weighted by Crippen LogP contribution is 2.23. The minimum absolute atomic E-state index is 0.595. The van der Waals surface area contributed by atoms with Gasteiger partial charge < -0.3 is 0 Å². The van der Waals surface area contributed by atoms with E-state index in [0.29, 0.717) is 10.5 Å². The summed E-state index contributed by atoms with van der Waals surface area (Å²) in [4.78, 5) is 0. The first kappa shape index (κ1) is 10.8. The molecule has 0 rings (SSSR count). The van der Waals surface area contributed by atoms with Crippen molar-refractivity contribution in [3.8, 4) is 0 Å². The van der Waals surface area contributed by atoms with Gasteiger partial charge in [-0.1, -0.05) is 26.0 Å². The normalized spacial score (nSPS) is 15.5. The largest absolute Gasteiger partial charge is 0.147 e. The Morgan fingerprint density at radius 1 is 1.09 bits per heavy atom. The molecule has 2 atom stereocenters. The van der Waals surface area contributed by atoms with E-state index in [2.05, 4.69) is 27.0 Å². The number of rotatable bonds is 6. The van der Waals surface area contributed by atoms with Crippen LogP contribution in [0.2, 0.25) is 0 Å². The number of thioether (sulfide) groups is 1. The van der Waals surface area contributed by atoms with Crippen molar-refractivity contribution in [3.63, 3.8) is 0 Å². The van der Waals surface area contributed by atoms with Gasteiger partial charge in [-0.3, -0.25) is 0 Å². The lowest BCUT2D eigenvalue weighted by molar-refractivity contribution is 0.936. The molecule has 0 saturated heterocycles. The molecule has 0 spiro atoms. The summed E-state index contributed by atoms with van der Waals surface area (Å²) in [6.45, 7) is 12.0. The first-order valence-corrected chi connectivity index (χ1v) is 5.13. The van der Waals surface area contributed by atoms with Crippen LogP contribution in [0.3, 0.4) is 0 Å². The van der Waals surface area contributed by atoms with Crippen molar-refractivity contribution in [1.29, 1.82) is 0 Å². The molecule has 0 aliphatic rings. The molecule has 0 saturated carbocycles. The Morgan fingerprint density at radius 3 is 1.64 bits per heavy atom. The molecule has 0 fully saturated rings. The molecule has 0 aromatic heterocycles. The van der Waals surface area contributed by atoms with Crippen LogP contribution < -0.4 is 0 Å². The standard InChI is InChI=1S/C10H18S/c1-5-9(6-2)11-10(7-3)8-4/h5,7,9-10H,1,3,6,8H2,2,4H3. The Labute approximate surface area is 74.8 Å². The van der Waals surface area contributed by atoms with E-state index in [1.807, 2.05) is 23.9 Å². The van der Waals surface area contributed by atoms with E-state index in [4.69, 9.17) is 0 Å². The summed E-state index contributed by atoms with van der Waals surface area (Å²) in [5, 5.41) is 1.19. The fourth-order valence-corrected chi connectivity index (χ4v) is 1.92. The van der Waals surface area contributed by atoms with Crippen LogP contribution in [0.1, 0.15) is 26.7 Å². The zero-order valence-corrected chi connectivity index (χ0v) is 8.36. The molecule has 1 heteroatoms. The van der Waals surface area contributed by atoms with Crippen molar-refractivity contribution in [2.24, 2.45) is 0 Å². The third-order valence-corrected chi connectivity index (χ3v) is 3.43. The molecule has 0 aliphatic heterocycles. The SMILES string of the molecule is C=CC(CC)SC(C=C)CC. The maximum Gasteiger partial charge on any atom is 0.0227 e. The van der Waals surface area contributed by atoms with Gasteiger partial charge in [-0.05, 0) is 12.8 Å². The summed E-state index contributed by atoms with van der Waals surface area (Å²) >= 11 is 1.95. The average Bonchev–Trinajstić information content (AvgIpc) is 2.07. The predicted molar refractivity (Wildman–Crippen MR) is 56.1 cm³/mol. The first-order chi connectivity index (χ1) is 5.28. The Morgan fingerprint density at radius 2 is 1.45 bits per heavy atom. The second-order valence-corrected chi connectivity index (χ2v) is 3.98. The highest BCUT2D eigenvalue weighted by molar-refractivity contribution is 8.00. The van der Waals surface area contributed by atoms with Crippen molar-refractivity contribution in [2.75, 3.05) is 0 Å². The number of hydrogen-bond acceptors (Lipinski definition) is 1. The van der Waals surface area contributed by atoms with Gasteiger partial charge in [0, 0.05) is 10.5 Å². The van der Waals surface area contributed by atoms with Crippen LogP contribution in [0.25, 0.3) is 0 Å². The Hall–Kier alpha value is -0.170. The quantitative estimate of drug-likeness (QED) is 0.548. The van der Waals surface area contributed by atoms with Gasteiger partial charge in [0.2, 0.25) is 0 Å². The average molecular weight is 170 g/mol. The maximum atomic E-state index is 3.80.